The van der Waals surface area contributed by atoms with E-state index in [1.54, 1.807) is 0 Å². The maximum atomic E-state index is 12.2. The SMILES string of the molecule is CCN1CCC(CC(=O)NCCc2ncc(C)n2CC2CC2)CC1. The molecule has 2 heterocycles. The summed E-state index contributed by atoms with van der Waals surface area (Å²) in [5.74, 6) is 2.74. The first-order valence-corrected chi connectivity index (χ1v) is 9.65. The van der Waals surface area contributed by atoms with Crippen LogP contribution in [-0.4, -0.2) is 46.5 Å². The minimum atomic E-state index is 0.210. The fourth-order valence-corrected chi connectivity index (χ4v) is 3.67. The van der Waals surface area contributed by atoms with E-state index < -0.39 is 0 Å². The summed E-state index contributed by atoms with van der Waals surface area (Å²) in [7, 11) is 0. The van der Waals surface area contributed by atoms with Crippen LogP contribution in [-0.2, 0) is 17.8 Å². The van der Waals surface area contributed by atoms with Crippen molar-refractivity contribution in [3.8, 4) is 0 Å². The molecule has 0 aromatic carbocycles. The van der Waals surface area contributed by atoms with Crippen molar-refractivity contribution in [2.24, 2.45) is 11.8 Å². The molecule has 2 fully saturated rings. The van der Waals surface area contributed by atoms with Crippen molar-refractivity contribution in [2.75, 3.05) is 26.2 Å². The Morgan fingerprint density at radius 1 is 1.25 bits per heavy atom. The number of carbonyl (C=O) groups excluding carboxylic acids is 1. The molecule has 3 rings (SSSR count). The molecule has 1 aromatic heterocycles. The number of hydrogen-bond acceptors (Lipinski definition) is 3. The Labute approximate surface area is 145 Å². The van der Waals surface area contributed by atoms with Crippen LogP contribution >= 0.6 is 0 Å². The number of piperidine rings is 1. The van der Waals surface area contributed by atoms with Crippen LogP contribution in [0.1, 0.15) is 50.5 Å². The van der Waals surface area contributed by atoms with E-state index in [1.807, 2.05) is 6.20 Å². The largest absolute Gasteiger partial charge is 0.356 e. The Bertz CT molecular complexity index is 542. The van der Waals surface area contributed by atoms with Crippen LogP contribution in [0.25, 0.3) is 0 Å². The van der Waals surface area contributed by atoms with E-state index in [4.69, 9.17) is 0 Å². The fourth-order valence-electron chi connectivity index (χ4n) is 3.67. The van der Waals surface area contributed by atoms with E-state index >= 15 is 0 Å². The lowest BCUT2D eigenvalue weighted by Crippen LogP contribution is -2.36. The summed E-state index contributed by atoms with van der Waals surface area (Å²) in [6.45, 7) is 9.56. The number of hydrogen-bond donors (Lipinski definition) is 1. The van der Waals surface area contributed by atoms with Gasteiger partial charge in [-0.1, -0.05) is 6.92 Å². The van der Waals surface area contributed by atoms with Crippen molar-refractivity contribution in [1.29, 1.82) is 0 Å². The van der Waals surface area contributed by atoms with E-state index in [1.165, 1.54) is 18.5 Å². The summed E-state index contributed by atoms with van der Waals surface area (Å²) >= 11 is 0. The predicted octanol–water partition coefficient (Wildman–Crippen LogP) is 2.38. The molecule has 1 N–H and O–H groups in total. The molecule has 5 nitrogen and oxygen atoms in total. The number of likely N-dealkylation sites (tertiary alicyclic amines) is 1. The number of amides is 1. The number of rotatable bonds is 8. The second-order valence-corrected chi connectivity index (χ2v) is 7.55. The van der Waals surface area contributed by atoms with E-state index in [0.29, 0.717) is 18.9 Å². The van der Waals surface area contributed by atoms with Crippen molar-refractivity contribution in [1.82, 2.24) is 19.8 Å². The van der Waals surface area contributed by atoms with Gasteiger partial charge in [0.05, 0.1) is 0 Å². The molecule has 24 heavy (non-hydrogen) atoms. The molecular weight excluding hydrogens is 300 g/mol. The van der Waals surface area contributed by atoms with Crippen molar-refractivity contribution in [2.45, 2.75) is 58.9 Å². The Morgan fingerprint density at radius 3 is 2.67 bits per heavy atom. The molecule has 0 spiro atoms. The van der Waals surface area contributed by atoms with Gasteiger partial charge < -0.3 is 14.8 Å². The highest BCUT2D eigenvalue weighted by molar-refractivity contribution is 5.76. The first-order chi connectivity index (χ1) is 11.7. The van der Waals surface area contributed by atoms with Crippen LogP contribution in [0.5, 0.6) is 0 Å². The van der Waals surface area contributed by atoms with Gasteiger partial charge in [0.25, 0.3) is 0 Å². The quantitative estimate of drug-likeness (QED) is 0.795. The van der Waals surface area contributed by atoms with Gasteiger partial charge in [0.15, 0.2) is 0 Å². The van der Waals surface area contributed by atoms with Gasteiger partial charge in [-0.2, -0.15) is 0 Å². The number of imidazole rings is 1. The molecule has 134 valence electrons. The minimum Gasteiger partial charge on any atom is -0.356 e. The zero-order chi connectivity index (χ0) is 16.9. The lowest BCUT2D eigenvalue weighted by atomic mass is 9.93. The van der Waals surface area contributed by atoms with E-state index in [2.05, 4.69) is 33.6 Å². The first-order valence-electron chi connectivity index (χ1n) is 9.65. The van der Waals surface area contributed by atoms with Crippen LogP contribution in [0.3, 0.4) is 0 Å². The number of aromatic nitrogens is 2. The van der Waals surface area contributed by atoms with Gasteiger partial charge in [0.2, 0.25) is 5.91 Å². The Hall–Kier alpha value is -1.36. The minimum absolute atomic E-state index is 0.210. The molecule has 1 amide bonds. The smallest absolute Gasteiger partial charge is 0.220 e. The van der Waals surface area contributed by atoms with Gasteiger partial charge in [0, 0.05) is 37.8 Å². The van der Waals surface area contributed by atoms with Crippen LogP contribution in [0, 0.1) is 18.8 Å². The first kappa shape index (κ1) is 17.5. The molecule has 1 saturated carbocycles. The molecule has 1 aliphatic heterocycles. The second-order valence-electron chi connectivity index (χ2n) is 7.55. The number of nitrogens with zero attached hydrogens (tertiary/aromatic N) is 3. The van der Waals surface area contributed by atoms with E-state index in [0.717, 1.165) is 57.2 Å². The second kappa shape index (κ2) is 8.15. The topological polar surface area (TPSA) is 50.2 Å². The van der Waals surface area contributed by atoms with Crippen molar-refractivity contribution in [3.63, 3.8) is 0 Å². The monoisotopic (exact) mass is 332 g/mol. The third kappa shape index (κ3) is 4.82. The highest BCUT2D eigenvalue weighted by Crippen LogP contribution is 2.31. The van der Waals surface area contributed by atoms with Crippen molar-refractivity contribution >= 4 is 5.91 Å². The Balaban J connectivity index is 1.38. The molecule has 0 atom stereocenters. The molecule has 1 aliphatic carbocycles. The molecule has 5 heteroatoms. The van der Waals surface area contributed by atoms with Crippen molar-refractivity contribution in [3.05, 3.63) is 17.7 Å². The number of carbonyl (C=O) groups is 1. The van der Waals surface area contributed by atoms with E-state index in [-0.39, 0.29) is 5.91 Å². The lowest BCUT2D eigenvalue weighted by molar-refractivity contribution is -0.122. The highest BCUT2D eigenvalue weighted by atomic mass is 16.1. The number of nitrogens with one attached hydrogen (secondary N) is 1. The van der Waals surface area contributed by atoms with Gasteiger partial charge in [0.1, 0.15) is 5.82 Å². The lowest BCUT2D eigenvalue weighted by Gasteiger charge is -2.30. The molecular formula is C19H32N4O. The standard InChI is InChI=1S/C19H32N4O/c1-3-22-10-7-16(8-11-22)12-19(24)20-9-6-18-21-13-15(2)23(18)14-17-4-5-17/h13,16-17H,3-12,14H2,1-2H3,(H,20,24). The van der Waals surface area contributed by atoms with Crippen LogP contribution in [0.2, 0.25) is 0 Å². The average Bonchev–Trinajstić information content (AvgIpc) is 3.34. The van der Waals surface area contributed by atoms with Crippen LogP contribution in [0.4, 0.5) is 0 Å². The maximum Gasteiger partial charge on any atom is 0.220 e. The molecule has 2 aliphatic rings. The van der Waals surface area contributed by atoms with Crippen LogP contribution in [0.15, 0.2) is 6.20 Å². The summed E-state index contributed by atoms with van der Waals surface area (Å²) in [5.41, 5.74) is 1.24. The third-order valence-corrected chi connectivity index (χ3v) is 5.57. The number of aryl methyl sites for hydroxylation is 1. The molecule has 1 aromatic rings. The summed E-state index contributed by atoms with van der Waals surface area (Å²) < 4.78 is 2.34. The van der Waals surface area contributed by atoms with Gasteiger partial charge in [-0.05, 0) is 64.1 Å². The Kier molecular flexibility index (Phi) is 5.93. The summed E-state index contributed by atoms with van der Waals surface area (Å²) in [5, 5.41) is 3.10. The fraction of sp³-hybridized carbons (Fsp3) is 0.789. The molecule has 0 unspecified atom stereocenters. The van der Waals surface area contributed by atoms with Gasteiger partial charge in [-0.25, -0.2) is 4.98 Å². The predicted molar refractivity (Wildman–Crippen MR) is 95.9 cm³/mol. The van der Waals surface area contributed by atoms with Crippen molar-refractivity contribution < 1.29 is 4.79 Å². The maximum absolute atomic E-state index is 12.2. The normalized spacial score (nSPS) is 19.6. The van der Waals surface area contributed by atoms with Gasteiger partial charge in [-0.15, -0.1) is 0 Å². The summed E-state index contributed by atoms with van der Waals surface area (Å²) in [6, 6.07) is 0. The molecule has 0 bridgehead atoms. The van der Waals surface area contributed by atoms with E-state index in [9.17, 15) is 4.79 Å². The summed E-state index contributed by atoms with van der Waals surface area (Å²) in [6.07, 6.45) is 8.50. The summed E-state index contributed by atoms with van der Waals surface area (Å²) in [4.78, 5) is 19.2. The van der Waals surface area contributed by atoms with Crippen LogP contribution < -0.4 is 5.32 Å². The van der Waals surface area contributed by atoms with Gasteiger partial charge >= 0.3 is 0 Å². The molecule has 1 saturated heterocycles. The molecule has 0 radical (unpaired) electrons. The Morgan fingerprint density at radius 2 is 2.00 bits per heavy atom. The average molecular weight is 332 g/mol. The third-order valence-electron chi connectivity index (χ3n) is 5.57. The zero-order valence-corrected chi connectivity index (χ0v) is 15.3. The zero-order valence-electron chi connectivity index (χ0n) is 15.3. The van der Waals surface area contributed by atoms with Gasteiger partial charge in [-0.3, -0.25) is 4.79 Å². The highest BCUT2D eigenvalue weighted by Gasteiger charge is 2.24.